The van der Waals surface area contributed by atoms with Crippen molar-refractivity contribution in [2.24, 2.45) is 10.7 Å². The second-order valence-electron chi connectivity index (χ2n) is 8.48. The Balaban J connectivity index is 1.90. The molecular weight excluding hydrogens is 442 g/mol. The number of fused-ring (bicyclic) bond motifs is 1. The molecule has 1 amide bonds. The maximum absolute atomic E-state index is 13.4. The lowest BCUT2D eigenvalue weighted by Crippen LogP contribution is -2.18. The minimum absolute atomic E-state index is 0.111. The van der Waals surface area contributed by atoms with Crippen LogP contribution in [0.1, 0.15) is 45.7 Å². The van der Waals surface area contributed by atoms with Crippen molar-refractivity contribution in [1.29, 1.82) is 0 Å². The van der Waals surface area contributed by atoms with Crippen LogP contribution in [0.25, 0.3) is 22.3 Å². The molecule has 0 radical (unpaired) electrons. The number of nitrogen functional groups attached to an aromatic ring is 1. The van der Waals surface area contributed by atoms with E-state index in [4.69, 9.17) is 15.9 Å². The fourth-order valence-electron chi connectivity index (χ4n) is 4.16. The Kier molecular flexibility index (Phi) is 6.38. The molecule has 5 N–H and O–H groups in total. The van der Waals surface area contributed by atoms with Gasteiger partial charge in [-0.1, -0.05) is 6.07 Å². The zero-order valence-electron chi connectivity index (χ0n) is 20.0. The van der Waals surface area contributed by atoms with Gasteiger partial charge in [0.2, 0.25) is 0 Å². The number of nitrogens with one attached hydrogen (secondary N) is 1. The standard InChI is InChI=1S/C27H27N5O3/c1-14-10-19(16(3)32-22-6-5-9-31-23(22)27(29)34)26-20(11-14)24(33)15(2)25(35-26)17-7-8-21(28)18(12-17)13-30-4/h5-13,16,32H,28H2,1-4H3,(H2,29,34). The van der Waals surface area contributed by atoms with Crippen molar-refractivity contribution in [2.75, 3.05) is 18.1 Å². The molecule has 0 fully saturated rings. The SMILES string of the molecule is CN=Cc1cc(-c2oc3c(C(C)Nc4cccnc4C(N)=O)cc(C)cc3c(=O)c2C)ccc1N. The van der Waals surface area contributed by atoms with Crippen LogP contribution < -0.4 is 22.2 Å². The molecule has 8 nitrogen and oxygen atoms in total. The molecule has 178 valence electrons. The Hall–Kier alpha value is -4.46. The van der Waals surface area contributed by atoms with Crippen LogP contribution >= 0.6 is 0 Å². The number of aryl methyl sites for hydroxylation is 1. The Morgan fingerprint density at radius 2 is 1.97 bits per heavy atom. The largest absolute Gasteiger partial charge is 0.455 e. The Labute approximate surface area is 202 Å². The van der Waals surface area contributed by atoms with Gasteiger partial charge in [-0.15, -0.1) is 0 Å². The molecule has 4 rings (SSSR count). The highest BCUT2D eigenvalue weighted by Crippen LogP contribution is 2.33. The average molecular weight is 470 g/mol. The summed E-state index contributed by atoms with van der Waals surface area (Å²) in [7, 11) is 1.67. The van der Waals surface area contributed by atoms with Crippen LogP contribution in [-0.4, -0.2) is 24.2 Å². The van der Waals surface area contributed by atoms with Crippen molar-refractivity contribution in [3.63, 3.8) is 0 Å². The second-order valence-corrected chi connectivity index (χ2v) is 8.48. The number of benzene rings is 2. The molecular formula is C27H27N5O3. The smallest absolute Gasteiger partial charge is 0.269 e. The van der Waals surface area contributed by atoms with Crippen molar-refractivity contribution in [3.8, 4) is 11.3 Å². The van der Waals surface area contributed by atoms with Gasteiger partial charge in [0.05, 0.1) is 17.1 Å². The van der Waals surface area contributed by atoms with E-state index < -0.39 is 5.91 Å². The van der Waals surface area contributed by atoms with Gasteiger partial charge in [-0.05, 0) is 62.7 Å². The summed E-state index contributed by atoms with van der Waals surface area (Å²) in [4.78, 5) is 33.4. The van der Waals surface area contributed by atoms with E-state index in [-0.39, 0.29) is 17.2 Å². The average Bonchev–Trinajstić information content (AvgIpc) is 2.83. The van der Waals surface area contributed by atoms with E-state index >= 15 is 0 Å². The first kappa shape index (κ1) is 23.7. The normalized spacial score (nSPS) is 12.2. The molecule has 2 aromatic carbocycles. The van der Waals surface area contributed by atoms with Gasteiger partial charge in [-0.3, -0.25) is 14.6 Å². The number of hydrogen-bond acceptors (Lipinski definition) is 7. The van der Waals surface area contributed by atoms with Crippen LogP contribution in [0.3, 0.4) is 0 Å². The lowest BCUT2D eigenvalue weighted by molar-refractivity contribution is 0.0996. The van der Waals surface area contributed by atoms with Gasteiger partial charge in [0.25, 0.3) is 5.91 Å². The number of aliphatic imine (C=N–C) groups is 1. The number of nitrogens with two attached hydrogens (primary N) is 2. The van der Waals surface area contributed by atoms with Crippen LogP contribution in [0.5, 0.6) is 0 Å². The number of aromatic nitrogens is 1. The number of carbonyl (C=O) groups excluding carboxylic acids is 1. The number of carbonyl (C=O) groups is 1. The van der Waals surface area contributed by atoms with Gasteiger partial charge < -0.3 is 21.2 Å². The van der Waals surface area contributed by atoms with Gasteiger partial charge in [0, 0.05) is 47.4 Å². The monoisotopic (exact) mass is 469 g/mol. The maximum Gasteiger partial charge on any atom is 0.269 e. The third kappa shape index (κ3) is 4.50. The number of hydrogen-bond donors (Lipinski definition) is 3. The predicted octanol–water partition coefficient (Wildman–Crippen LogP) is 4.37. The van der Waals surface area contributed by atoms with Crippen molar-refractivity contribution < 1.29 is 9.21 Å². The molecule has 2 aromatic heterocycles. The Morgan fingerprint density at radius 3 is 2.69 bits per heavy atom. The summed E-state index contributed by atoms with van der Waals surface area (Å²) in [5.74, 6) is -0.168. The zero-order valence-corrected chi connectivity index (χ0v) is 20.0. The Morgan fingerprint density at radius 1 is 1.20 bits per heavy atom. The van der Waals surface area contributed by atoms with E-state index in [0.29, 0.717) is 33.7 Å². The van der Waals surface area contributed by atoms with E-state index in [1.165, 1.54) is 6.20 Å². The lowest BCUT2D eigenvalue weighted by Gasteiger charge is -2.19. The van der Waals surface area contributed by atoms with Gasteiger partial charge >= 0.3 is 0 Å². The van der Waals surface area contributed by atoms with Crippen LogP contribution in [0.15, 0.2) is 62.9 Å². The quantitative estimate of drug-likeness (QED) is 0.283. The van der Waals surface area contributed by atoms with Crippen LogP contribution in [-0.2, 0) is 0 Å². The minimum atomic E-state index is -0.631. The highest BCUT2D eigenvalue weighted by atomic mass is 16.3. The van der Waals surface area contributed by atoms with Gasteiger partial charge in [-0.25, -0.2) is 4.98 Å². The third-order valence-electron chi connectivity index (χ3n) is 5.89. The number of rotatable bonds is 6. The summed E-state index contributed by atoms with van der Waals surface area (Å²) in [6.07, 6.45) is 3.18. The molecule has 0 aliphatic carbocycles. The molecule has 2 heterocycles. The summed E-state index contributed by atoms with van der Waals surface area (Å²) in [5.41, 5.74) is 16.8. The van der Waals surface area contributed by atoms with E-state index in [2.05, 4.69) is 15.3 Å². The van der Waals surface area contributed by atoms with Gasteiger partial charge in [-0.2, -0.15) is 0 Å². The number of amides is 1. The summed E-state index contributed by atoms with van der Waals surface area (Å²) in [5, 5.41) is 3.78. The predicted molar refractivity (Wildman–Crippen MR) is 140 cm³/mol. The molecule has 0 saturated heterocycles. The van der Waals surface area contributed by atoms with E-state index in [1.807, 2.05) is 38.1 Å². The minimum Gasteiger partial charge on any atom is -0.455 e. The molecule has 35 heavy (non-hydrogen) atoms. The molecule has 0 spiro atoms. The molecule has 0 saturated carbocycles. The van der Waals surface area contributed by atoms with Crippen molar-refractivity contribution in [2.45, 2.75) is 26.8 Å². The molecule has 8 heteroatoms. The van der Waals surface area contributed by atoms with Crippen LogP contribution in [0.4, 0.5) is 11.4 Å². The van der Waals surface area contributed by atoms with E-state index in [0.717, 1.165) is 22.3 Å². The highest BCUT2D eigenvalue weighted by molar-refractivity contribution is 5.96. The van der Waals surface area contributed by atoms with Crippen LogP contribution in [0, 0.1) is 13.8 Å². The first-order valence-electron chi connectivity index (χ1n) is 11.1. The van der Waals surface area contributed by atoms with Crippen LogP contribution in [0.2, 0.25) is 0 Å². The summed E-state index contributed by atoms with van der Waals surface area (Å²) in [6.45, 7) is 5.60. The number of primary amides is 1. The topological polar surface area (TPSA) is 137 Å². The first-order valence-corrected chi connectivity index (χ1v) is 11.1. The summed E-state index contributed by atoms with van der Waals surface area (Å²) >= 11 is 0. The maximum atomic E-state index is 13.4. The zero-order chi connectivity index (χ0) is 25.3. The van der Waals surface area contributed by atoms with Crippen molar-refractivity contribution in [3.05, 3.63) is 86.8 Å². The molecule has 1 atom stereocenters. The third-order valence-corrected chi connectivity index (χ3v) is 5.89. The van der Waals surface area contributed by atoms with E-state index in [1.54, 1.807) is 38.4 Å². The molecule has 4 aromatic rings. The molecule has 0 aliphatic rings. The van der Waals surface area contributed by atoms with Gasteiger partial charge in [0.15, 0.2) is 11.1 Å². The summed E-state index contributed by atoms with van der Waals surface area (Å²) in [6, 6.07) is 12.4. The number of pyridine rings is 1. The highest BCUT2D eigenvalue weighted by Gasteiger charge is 2.20. The lowest BCUT2D eigenvalue weighted by atomic mass is 9.98. The second kappa shape index (κ2) is 9.42. The van der Waals surface area contributed by atoms with Crippen molar-refractivity contribution in [1.82, 2.24) is 4.98 Å². The van der Waals surface area contributed by atoms with Crippen molar-refractivity contribution >= 4 is 34.5 Å². The summed E-state index contributed by atoms with van der Waals surface area (Å²) < 4.78 is 6.42. The van der Waals surface area contributed by atoms with E-state index in [9.17, 15) is 9.59 Å². The molecule has 1 unspecified atom stereocenters. The first-order chi connectivity index (χ1) is 16.7. The molecule has 0 aliphatic heterocycles. The number of nitrogens with zero attached hydrogens (tertiary/aromatic N) is 2. The number of anilines is 2. The molecule has 0 bridgehead atoms. The Bertz CT molecular complexity index is 1540. The fourth-order valence-corrected chi connectivity index (χ4v) is 4.16. The van der Waals surface area contributed by atoms with Gasteiger partial charge in [0.1, 0.15) is 11.3 Å². The fraction of sp³-hybridized carbons (Fsp3) is 0.185.